The zero-order valence-electron chi connectivity index (χ0n) is 14.0. The Morgan fingerprint density at radius 1 is 1.24 bits per heavy atom. The van der Waals surface area contributed by atoms with Gasteiger partial charge >= 0.3 is 18.2 Å². The van der Waals surface area contributed by atoms with Crippen molar-refractivity contribution in [3.8, 4) is 0 Å². The highest BCUT2D eigenvalue weighted by atomic mass is 19.4. The van der Waals surface area contributed by atoms with E-state index in [4.69, 9.17) is 9.47 Å². The van der Waals surface area contributed by atoms with Gasteiger partial charge in [0.05, 0.1) is 25.7 Å². The first-order valence-corrected chi connectivity index (χ1v) is 7.84. The third-order valence-electron chi connectivity index (χ3n) is 4.39. The standard InChI is InChI=1S/C17H20F3NO4/c1-24-15(22)12-6-7-21(16(23)25-2)14(10-12)9-11-4-3-5-13(8-11)17(18,19)20/h3-5,8,12,14H,6-7,9-10H2,1-2H3. The van der Waals surface area contributed by atoms with Gasteiger partial charge in [0.25, 0.3) is 0 Å². The molecule has 0 bridgehead atoms. The summed E-state index contributed by atoms with van der Waals surface area (Å²) in [4.78, 5) is 25.2. The molecule has 1 heterocycles. The molecule has 0 aromatic heterocycles. The van der Waals surface area contributed by atoms with E-state index in [1.54, 1.807) is 6.07 Å². The Bertz CT molecular complexity index is 633. The van der Waals surface area contributed by atoms with Crippen molar-refractivity contribution < 1.29 is 32.2 Å². The largest absolute Gasteiger partial charge is 0.469 e. The van der Waals surface area contributed by atoms with E-state index < -0.39 is 23.9 Å². The molecule has 0 N–H and O–H groups in total. The SMILES string of the molecule is COC(=O)C1CCN(C(=O)OC)C(Cc2cccc(C(F)(F)F)c2)C1. The number of likely N-dealkylation sites (tertiary alicyclic amines) is 1. The average Bonchev–Trinajstić information content (AvgIpc) is 2.59. The highest BCUT2D eigenvalue weighted by Gasteiger charge is 2.36. The summed E-state index contributed by atoms with van der Waals surface area (Å²) in [6.45, 7) is 0.288. The molecule has 1 aliphatic heterocycles. The van der Waals surface area contributed by atoms with Crippen LogP contribution >= 0.6 is 0 Å². The Morgan fingerprint density at radius 3 is 2.56 bits per heavy atom. The predicted octanol–water partition coefficient (Wildman–Crippen LogP) is 3.27. The van der Waals surface area contributed by atoms with Gasteiger partial charge in [-0.05, 0) is 30.9 Å². The molecule has 5 nitrogen and oxygen atoms in total. The normalized spacial score (nSPS) is 20.9. The minimum atomic E-state index is -4.43. The Hall–Kier alpha value is -2.25. The molecule has 0 radical (unpaired) electrons. The van der Waals surface area contributed by atoms with Crippen LogP contribution in [0.25, 0.3) is 0 Å². The van der Waals surface area contributed by atoms with Crippen molar-refractivity contribution in [1.29, 1.82) is 0 Å². The molecule has 2 unspecified atom stereocenters. The van der Waals surface area contributed by atoms with Crippen LogP contribution < -0.4 is 0 Å². The monoisotopic (exact) mass is 359 g/mol. The van der Waals surface area contributed by atoms with Gasteiger partial charge in [-0.25, -0.2) is 4.79 Å². The fourth-order valence-corrected chi connectivity index (χ4v) is 3.13. The molecule has 2 atom stereocenters. The summed E-state index contributed by atoms with van der Waals surface area (Å²) in [5.41, 5.74) is -0.297. The molecular formula is C17H20F3NO4. The number of methoxy groups -OCH3 is 2. The number of amides is 1. The molecule has 2 rings (SSSR count). The molecule has 1 aromatic carbocycles. The van der Waals surface area contributed by atoms with E-state index in [1.807, 2.05) is 0 Å². The molecule has 1 saturated heterocycles. The van der Waals surface area contributed by atoms with Crippen molar-refractivity contribution in [3.05, 3.63) is 35.4 Å². The van der Waals surface area contributed by atoms with Crippen molar-refractivity contribution in [2.24, 2.45) is 5.92 Å². The highest BCUT2D eigenvalue weighted by molar-refractivity contribution is 5.73. The third kappa shape index (κ3) is 4.64. The minimum Gasteiger partial charge on any atom is -0.469 e. The molecule has 0 spiro atoms. The number of ether oxygens (including phenoxy) is 2. The molecule has 1 amide bonds. The van der Waals surface area contributed by atoms with Crippen LogP contribution in [0, 0.1) is 5.92 Å². The first-order chi connectivity index (χ1) is 11.8. The van der Waals surface area contributed by atoms with Gasteiger partial charge in [0.1, 0.15) is 0 Å². The molecule has 25 heavy (non-hydrogen) atoms. The van der Waals surface area contributed by atoms with E-state index in [1.165, 1.54) is 25.2 Å². The number of rotatable bonds is 3. The summed E-state index contributed by atoms with van der Waals surface area (Å²) in [5.74, 6) is -0.764. The predicted molar refractivity (Wildman–Crippen MR) is 82.8 cm³/mol. The molecule has 1 fully saturated rings. The number of nitrogens with zero attached hydrogens (tertiary/aromatic N) is 1. The third-order valence-corrected chi connectivity index (χ3v) is 4.39. The number of piperidine rings is 1. The van der Waals surface area contributed by atoms with Gasteiger partial charge in [0, 0.05) is 12.6 Å². The molecule has 1 aliphatic rings. The highest BCUT2D eigenvalue weighted by Crippen LogP contribution is 2.31. The van der Waals surface area contributed by atoms with E-state index in [-0.39, 0.29) is 24.9 Å². The first kappa shape index (κ1) is 19.1. The van der Waals surface area contributed by atoms with Gasteiger partial charge in [-0.15, -0.1) is 0 Å². The maximum atomic E-state index is 12.9. The van der Waals surface area contributed by atoms with Crippen LogP contribution in [0.1, 0.15) is 24.0 Å². The molecule has 8 heteroatoms. The number of carbonyl (C=O) groups is 2. The van der Waals surface area contributed by atoms with Crippen LogP contribution in [0.15, 0.2) is 24.3 Å². The summed E-state index contributed by atoms with van der Waals surface area (Å²) in [5, 5.41) is 0. The lowest BCUT2D eigenvalue weighted by atomic mass is 9.87. The molecule has 1 aromatic rings. The van der Waals surface area contributed by atoms with Gasteiger partial charge in [0.15, 0.2) is 0 Å². The van der Waals surface area contributed by atoms with E-state index in [0.717, 1.165) is 12.1 Å². The number of hydrogen-bond donors (Lipinski definition) is 0. The maximum absolute atomic E-state index is 12.9. The van der Waals surface area contributed by atoms with Crippen LogP contribution in [0.3, 0.4) is 0 Å². The van der Waals surface area contributed by atoms with E-state index in [2.05, 4.69) is 0 Å². The molecule has 138 valence electrons. The fraction of sp³-hybridized carbons (Fsp3) is 0.529. The van der Waals surface area contributed by atoms with E-state index in [9.17, 15) is 22.8 Å². The number of carbonyl (C=O) groups excluding carboxylic acids is 2. The number of hydrogen-bond acceptors (Lipinski definition) is 4. The van der Waals surface area contributed by atoms with Crippen LogP contribution in [-0.2, 0) is 26.9 Å². The summed E-state index contributed by atoms with van der Waals surface area (Å²) in [6.07, 6.45) is -4.04. The smallest absolute Gasteiger partial charge is 0.416 e. The number of halogens is 3. The Morgan fingerprint density at radius 2 is 1.96 bits per heavy atom. The fourth-order valence-electron chi connectivity index (χ4n) is 3.13. The Labute approximate surface area is 143 Å². The van der Waals surface area contributed by atoms with Gasteiger partial charge in [-0.3, -0.25) is 4.79 Å². The molecule has 0 aliphatic carbocycles. The molecule has 0 saturated carbocycles. The lowest BCUT2D eigenvalue weighted by Gasteiger charge is -2.37. The van der Waals surface area contributed by atoms with Crippen LogP contribution in [0.5, 0.6) is 0 Å². The lowest BCUT2D eigenvalue weighted by molar-refractivity contribution is -0.147. The molecular weight excluding hydrogens is 339 g/mol. The Kier molecular flexibility index (Phi) is 5.92. The zero-order chi connectivity index (χ0) is 18.6. The van der Waals surface area contributed by atoms with E-state index >= 15 is 0 Å². The lowest BCUT2D eigenvalue weighted by Crippen LogP contribution is -2.48. The quantitative estimate of drug-likeness (QED) is 0.778. The second kappa shape index (κ2) is 7.76. The number of esters is 1. The van der Waals surface area contributed by atoms with Gasteiger partial charge in [-0.1, -0.05) is 18.2 Å². The van der Waals surface area contributed by atoms with Crippen molar-refractivity contribution in [2.45, 2.75) is 31.5 Å². The van der Waals surface area contributed by atoms with Gasteiger partial charge < -0.3 is 14.4 Å². The number of benzene rings is 1. The summed E-state index contributed by atoms with van der Waals surface area (Å²) < 4.78 is 48.1. The van der Waals surface area contributed by atoms with Crippen molar-refractivity contribution >= 4 is 12.1 Å². The topological polar surface area (TPSA) is 55.8 Å². The average molecular weight is 359 g/mol. The summed E-state index contributed by atoms with van der Waals surface area (Å²) in [7, 11) is 2.53. The van der Waals surface area contributed by atoms with Crippen LogP contribution in [0.2, 0.25) is 0 Å². The van der Waals surface area contributed by atoms with Crippen molar-refractivity contribution in [3.63, 3.8) is 0 Å². The summed E-state index contributed by atoms with van der Waals surface area (Å²) >= 11 is 0. The van der Waals surface area contributed by atoms with Crippen molar-refractivity contribution in [1.82, 2.24) is 4.90 Å². The van der Waals surface area contributed by atoms with Crippen LogP contribution in [0.4, 0.5) is 18.0 Å². The second-order valence-corrected chi connectivity index (χ2v) is 5.96. The first-order valence-electron chi connectivity index (χ1n) is 7.84. The van der Waals surface area contributed by atoms with Gasteiger partial charge in [-0.2, -0.15) is 13.2 Å². The maximum Gasteiger partial charge on any atom is 0.416 e. The van der Waals surface area contributed by atoms with E-state index in [0.29, 0.717) is 18.4 Å². The van der Waals surface area contributed by atoms with Crippen LogP contribution in [-0.4, -0.2) is 43.8 Å². The van der Waals surface area contributed by atoms with Gasteiger partial charge in [0.2, 0.25) is 0 Å². The number of alkyl halides is 3. The second-order valence-electron chi connectivity index (χ2n) is 5.96. The minimum absolute atomic E-state index is 0.201. The van der Waals surface area contributed by atoms with Crippen molar-refractivity contribution in [2.75, 3.05) is 20.8 Å². The zero-order valence-corrected chi connectivity index (χ0v) is 14.0. The summed E-state index contributed by atoms with van der Waals surface area (Å²) in [6, 6.07) is 4.54. The Balaban J connectivity index is 2.22.